The number of carbonyl (C=O) groups excluding carboxylic acids is 2. The molecule has 11 heteroatoms. The summed E-state index contributed by atoms with van der Waals surface area (Å²) in [5.74, 6) is -0.257. The summed E-state index contributed by atoms with van der Waals surface area (Å²) in [5.41, 5.74) is 5.62. The van der Waals surface area contributed by atoms with Crippen molar-refractivity contribution in [2.45, 2.75) is 94.7 Å². The number of nitrogens with zero attached hydrogens (tertiary/aromatic N) is 6. The molecule has 270 valence electrons. The fourth-order valence-electron chi connectivity index (χ4n) is 8.45. The van der Waals surface area contributed by atoms with Gasteiger partial charge in [-0.3, -0.25) is 9.59 Å². The van der Waals surface area contributed by atoms with E-state index in [0.717, 1.165) is 72.0 Å². The molecule has 3 atom stereocenters. The molecule has 11 nitrogen and oxygen atoms in total. The molecular weight excluding hydrogens is 642 g/mol. The highest BCUT2D eigenvalue weighted by Crippen LogP contribution is 2.49. The van der Waals surface area contributed by atoms with Gasteiger partial charge >= 0.3 is 5.76 Å². The average Bonchev–Trinajstić information content (AvgIpc) is 3.75. The molecule has 0 bridgehead atoms. The predicted molar refractivity (Wildman–Crippen MR) is 196 cm³/mol. The Bertz CT molecular complexity index is 1820. The summed E-state index contributed by atoms with van der Waals surface area (Å²) < 4.78 is 7.82. The topological polar surface area (TPSA) is 128 Å². The first kappa shape index (κ1) is 36.1. The van der Waals surface area contributed by atoms with Gasteiger partial charge in [-0.2, -0.15) is 15.0 Å². The van der Waals surface area contributed by atoms with Crippen LogP contribution < -0.4 is 11.1 Å². The van der Waals surface area contributed by atoms with Gasteiger partial charge < -0.3 is 24.5 Å². The minimum atomic E-state index is -0.971. The van der Waals surface area contributed by atoms with Crippen LogP contribution in [0.4, 0.5) is 0 Å². The highest BCUT2D eigenvalue weighted by molar-refractivity contribution is 5.94. The second-order valence-electron chi connectivity index (χ2n) is 15.0. The summed E-state index contributed by atoms with van der Waals surface area (Å²) in [5, 5.41) is 13.1. The van der Waals surface area contributed by atoms with Crippen LogP contribution in [0.3, 0.4) is 0 Å². The molecule has 51 heavy (non-hydrogen) atoms. The van der Waals surface area contributed by atoms with E-state index >= 15 is 0 Å². The first-order chi connectivity index (χ1) is 24.4. The van der Waals surface area contributed by atoms with E-state index in [2.05, 4.69) is 43.1 Å². The van der Waals surface area contributed by atoms with Crippen molar-refractivity contribution < 1.29 is 14.1 Å². The minimum absolute atomic E-state index is 0.0127. The molecule has 0 radical (unpaired) electrons. The van der Waals surface area contributed by atoms with Gasteiger partial charge in [0.05, 0.1) is 24.1 Å². The van der Waals surface area contributed by atoms with Crippen LogP contribution in [0.15, 0.2) is 52.3 Å². The van der Waals surface area contributed by atoms with Crippen molar-refractivity contribution >= 4 is 17.5 Å². The van der Waals surface area contributed by atoms with Gasteiger partial charge in [-0.15, -0.1) is 0 Å². The van der Waals surface area contributed by atoms with Crippen LogP contribution >= 0.6 is 0 Å². The summed E-state index contributed by atoms with van der Waals surface area (Å²) in [6, 6.07) is 14.0. The second-order valence-corrected chi connectivity index (χ2v) is 15.0. The summed E-state index contributed by atoms with van der Waals surface area (Å²) >= 11 is 0. The van der Waals surface area contributed by atoms with Crippen LogP contribution in [-0.2, 0) is 23.1 Å². The quantitative estimate of drug-likeness (QED) is 0.318. The lowest BCUT2D eigenvalue weighted by Gasteiger charge is -2.39. The summed E-state index contributed by atoms with van der Waals surface area (Å²) in [6.07, 6.45) is 8.34. The molecule has 1 saturated carbocycles. The number of fused-ring (bicyclic) bond motifs is 2. The Morgan fingerprint density at radius 1 is 1.00 bits per heavy atom. The number of benzene rings is 2. The van der Waals surface area contributed by atoms with E-state index in [4.69, 9.17) is 9.51 Å². The lowest BCUT2D eigenvalue weighted by Crippen LogP contribution is -2.46. The molecule has 3 aromatic rings. The highest BCUT2D eigenvalue weighted by atomic mass is 16.5. The fourth-order valence-corrected chi connectivity index (χ4v) is 8.45. The molecule has 1 saturated heterocycles. The molecule has 2 amide bonds. The van der Waals surface area contributed by atoms with Gasteiger partial charge in [-0.1, -0.05) is 44.0 Å². The lowest BCUT2D eigenvalue weighted by molar-refractivity contribution is -0.130. The van der Waals surface area contributed by atoms with Crippen molar-refractivity contribution in [3.63, 3.8) is 0 Å². The van der Waals surface area contributed by atoms with E-state index in [1.165, 1.54) is 0 Å². The van der Waals surface area contributed by atoms with E-state index in [1.807, 2.05) is 37.2 Å². The second kappa shape index (κ2) is 14.9. The normalized spacial score (nSPS) is 20.9. The zero-order valence-electron chi connectivity index (χ0n) is 30.7. The van der Waals surface area contributed by atoms with Gasteiger partial charge in [-0.05, 0) is 97.9 Å². The smallest absolute Gasteiger partial charge is 0.378 e. The number of nitriles is 1. The lowest BCUT2D eigenvalue weighted by atomic mass is 9.67. The van der Waals surface area contributed by atoms with Crippen molar-refractivity contribution in [1.29, 1.82) is 5.26 Å². The van der Waals surface area contributed by atoms with Crippen LogP contribution in [0, 0.1) is 11.3 Å². The molecule has 2 fully saturated rings. The number of aromatic nitrogens is 2. The maximum absolute atomic E-state index is 13.4. The van der Waals surface area contributed by atoms with Gasteiger partial charge in [0.2, 0.25) is 5.91 Å². The number of amides is 2. The van der Waals surface area contributed by atoms with Crippen LogP contribution in [0.25, 0.3) is 5.70 Å². The molecule has 1 aliphatic heterocycles. The largest absolute Gasteiger partial charge is 0.459 e. The maximum atomic E-state index is 13.4. The molecule has 1 aromatic heterocycles. The first-order valence-corrected chi connectivity index (χ1v) is 18.3. The number of aryl methyl sites for hydroxylation is 2. The summed E-state index contributed by atoms with van der Waals surface area (Å²) in [6.45, 7) is 7.06. The highest BCUT2D eigenvalue weighted by Gasteiger charge is 2.47. The van der Waals surface area contributed by atoms with Gasteiger partial charge in [0, 0.05) is 52.0 Å². The third-order valence-electron chi connectivity index (χ3n) is 11.1. The van der Waals surface area contributed by atoms with Crippen LogP contribution in [0.2, 0.25) is 0 Å². The third kappa shape index (κ3) is 6.98. The monoisotopic (exact) mass is 693 g/mol. The van der Waals surface area contributed by atoms with Gasteiger partial charge in [0.25, 0.3) is 5.91 Å². The van der Waals surface area contributed by atoms with E-state index < -0.39 is 17.2 Å². The van der Waals surface area contributed by atoms with Crippen molar-refractivity contribution in [1.82, 2.24) is 29.7 Å². The predicted octanol–water partition coefficient (Wildman–Crippen LogP) is 4.89. The molecule has 3 aliphatic rings. The minimum Gasteiger partial charge on any atom is -0.378 e. The third-order valence-corrected chi connectivity index (χ3v) is 11.1. The molecule has 2 aromatic carbocycles. The molecular formula is C40H51N7O4. The van der Waals surface area contributed by atoms with Gasteiger partial charge in [0.15, 0.2) is 5.82 Å². The number of rotatable bonds is 10. The first-order valence-electron chi connectivity index (χ1n) is 18.3. The average molecular weight is 694 g/mol. The van der Waals surface area contributed by atoms with E-state index in [-0.39, 0.29) is 30.4 Å². The number of hydrogen-bond acceptors (Lipinski definition) is 8. The van der Waals surface area contributed by atoms with Crippen LogP contribution in [0.5, 0.6) is 0 Å². The van der Waals surface area contributed by atoms with Gasteiger partial charge in [0.1, 0.15) is 6.04 Å². The number of hydrogen-bond donors (Lipinski definition) is 1. The van der Waals surface area contributed by atoms with Crippen LogP contribution in [0.1, 0.15) is 108 Å². The van der Waals surface area contributed by atoms with Crippen molar-refractivity contribution in [3.05, 3.63) is 92.7 Å². The SMILES string of the molecule is C=C(c1ccc2c(c1)CCc1cc(C(=O)N(C)C)ccc1C2(C[C@@H](C)NCC(=O)N1CCCC1C#N)c1nc(=O)on1C1CCCCC1)N(C)C. The summed E-state index contributed by atoms with van der Waals surface area (Å²) in [4.78, 5) is 50.0. The van der Waals surface area contributed by atoms with Crippen molar-refractivity contribution in [2.75, 3.05) is 41.3 Å². The Hall–Kier alpha value is -4.69. The Kier molecular flexibility index (Phi) is 10.5. The van der Waals surface area contributed by atoms with E-state index in [0.29, 0.717) is 43.6 Å². The van der Waals surface area contributed by atoms with E-state index in [1.54, 1.807) is 28.6 Å². The summed E-state index contributed by atoms with van der Waals surface area (Å²) in [7, 11) is 7.46. The molecule has 6 rings (SSSR count). The Morgan fingerprint density at radius 3 is 2.27 bits per heavy atom. The molecule has 1 N–H and O–H groups in total. The number of carbonyl (C=O) groups is 2. The standard InChI is InChI=1S/C40H51N7O4/c1-26(42-25-36(48)46-20-10-13-33(46)24-41)23-40(38-43-39(50)51-47(38)32-11-8-7-9-12-32)34-18-16-28(27(2)44(3)4)21-29(34)14-15-30-22-31(17-19-35(30)40)37(49)45(5)6/h16-19,21-22,26,32-33,42H,2,7-15,20,23,25H2,1,3-6H3/t26-,33?,40?/m1/s1. The zero-order chi connectivity index (χ0) is 36.4. The van der Waals surface area contributed by atoms with E-state index in [9.17, 15) is 19.6 Å². The Morgan fingerprint density at radius 2 is 1.65 bits per heavy atom. The van der Waals surface area contributed by atoms with Crippen LogP contribution in [-0.4, -0.2) is 89.6 Å². The fraction of sp³-hybridized carbons (Fsp3) is 0.525. The molecule has 2 aliphatic carbocycles. The Labute approximate surface area is 300 Å². The molecule has 2 heterocycles. The Balaban J connectivity index is 1.55. The van der Waals surface area contributed by atoms with Crippen molar-refractivity contribution in [2.24, 2.45) is 0 Å². The molecule has 2 unspecified atom stereocenters. The number of likely N-dealkylation sites (tertiary alicyclic amines) is 1. The molecule has 0 spiro atoms. The maximum Gasteiger partial charge on any atom is 0.459 e. The van der Waals surface area contributed by atoms with Crippen molar-refractivity contribution in [3.8, 4) is 6.07 Å². The van der Waals surface area contributed by atoms with Gasteiger partial charge in [-0.25, -0.2) is 4.79 Å². The number of nitrogens with one attached hydrogen (secondary N) is 1. The zero-order valence-corrected chi connectivity index (χ0v) is 30.7.